The molecule has 0 atom stereocenters. The lowest BCUT2D eigenvalue weighted by Gasteiger charge is -2.13. The molecule has 0 aliphatic carbocycles. The van der Waals surface area contributed by atoms with Gasteiger partial charge in [-0.25, -0.2) is 4.68 Å². The predicted molar refractivity (Wildman–Crippen MR) is 129 cm³/mol. The fourth-order valence-electron chi connectivity index (χ4n) is 3.14. The summed E-state index contributed by atoms with van der Waals surface area (Å²) in [4.78, 5) is 2.15. The molecule has 1 N–H and O–H groups in total. The Morgan fingerprint density at radius 2 is 1.77 bits per heavy atom. The molecule has 0 amide bonds. The molecule has 6 heteroatoms. The van der Waals surface area contributed by atoms with E-state index in [1.807, 2.05) is 54.6 Å². The highest BCUT2D eigenvalue weighted by Crippen LogP contribution is 2.35. The average Bonchev–Trinajstić information content (AvgIpc) is 3.40. The van der Waals surface area contributed by atoms with Crippen molar-refractivity contribution in [2.75, 3.05) is 7.11 Å². The molecule has 0 unspecified atom stereocenters. The van der Waals surface area contributed by atoms with Crippen LogP contribution in [-0.2, 0) is 5.60 Å². The predicted octanol–water partition coefficient (Wildman–Crippen LogP) is 6.66. The van der Waals surface area contributed by atoms with E-state index < -0.39 is 5.60 Å². The smallest absolute Gasteiger partial charge is 0.118 e. The van der Waals surface area contributed by atoms with Gasteiger partial charge in [0.05, 0.1) is 34.1 Å². The van der Waals surface area contributed by atoms with E-state index in [-0.39, 0.29) is 0 Å². The first kappa shape index (κ1) is 21.4. The van der Waals surface area contributed by atoms with E-state index in [0.29, 0.717) is 10.7 Å². The van der Waals surface area contributed by atoms with Crippen LogP contribution in [0.4, 0.5) is 0 Å². The molecule has 2 heterocycles. The molecule has 4 aromatic rings. The van der Waals surface area contributed by atoms with Crippen LogP contribution in [0, 0.1) is 0 Å². The van der Waals surface area contributed by atoms with Gasteiger partial charge in [-0.05, 0) is 68.0 Å². The van der Waals surface area contributed by atoms with Crippen LogP contribution >= 0.6 is 22.9 Å². The summed E-state index contributed by atoms with van der Waals surface area (Å²) in [7, 11) is 1.66. The molecule has 31 heavy (non-hydrogen) atoms. The molecular formula is C25H23ClN2O2S. The third-order valence-corrected chi connectivity index (χ3v) is 6.24. The number of methoxy groups -OCH3 is 1. The van der Waals surface area contributed by atoms with Crippen molar-refractivity contribution in [3.05, 3.63) is 87.9 Å². The molecule has 0 spiro atoms. The van der Waals surface area contributed by atoms with Gasteiger partial charge >= 0.3 is 0 Å². The largest absolute Gasteiger partial charge is 0.497 e. The van der Waals surface area contributed by atoms with Gasteiger partial charge < -0.3 is 9.84 Å². The molecule has 0 aliphatic heterocycles. The maximum Gasteiger partial charge on any atom is 0.118 e. The van der Waals surface area contributed by atoms with Gasteiger partial charge in [-0.3, -0.25) is 0 Å². The fraction of sp³-hybridized carbons (Fsp3) is 0.160. The van der Waals surface area contributed by atoms with Gasteiger partial charge in [-0.1, -0.05) is 41.9 Å². The standard InChI is InChI=1S/C25H23ClN2O2S/c1-25(2,29)24-16-22(28(27-24)21-7-5-4-6-20(21)26)23-15-14-19(31-23)13-10-17-8-11-18(30-3)12-9-17/h4-16,29H,1-3H3/b13-10+. The first-order valence-corrected chi connectivity index (χ1v) is 11.0. The highest BCUT2D eigenvalue weighted by molar-refractivity contribution is 7.16. The fourth-order valence-corrected chi connectivity index (χ4v) is 4.26. The summed E-state index contributed by atoms with van der Waals surface area (Å²) in [5.41, 5.74) is 2.29. The first-order valence-electron chi connectivity index (χ1n) is 9.85. The second kappa shape index (κ2) is 8.71. The van der Waals surface area contributed by atoms with Crippen molar-refractivity contribution in [3.8, 4) is 22.0 Å². The molecule has 0 radical (unpaired) electrons. The van der Waals surface area contributed by atoms with E-state index in [9.17, 15) is 5.11 Å². The number of rotatable bonds is 6. The summed E-state index contributed by atoms with van der Waals surface area (Å²) < 4.78 is 7.01. The lowest BCUT2D eigenvalue weighted by Crippen LogP contribution is -2.16. The highest BCUT2D eigenvalue weighted by Gasteiger charge is 2.24. The summed E-state index contributed by atoms with van der Waals surface area (Å²) in [5.74, 6) is 0.839. The molecular weight excluding hydrogens is 428 g/mol. The van der Waals surface area contributed by atoms with Gasteiger partial charge in [0.2, 0.25) is 0 Å². The van der Waals surface area contributed by atoms with E-state index >= 15 is 0 Å². The van der Waals surface area contributed by atoms with Gasteiger partial charge in [0.1, 0.15) is 11.4 Å². The van der Waals surface area contributed by atoms with Gasteiger partial charge in [0.25, 0.3) is 0 Å². The third kappa shape index (κ3) is 4.74. The van der Waals surface area contributed by atoms with Gasteiger partial charge in [-0.2, -0.15) is 5.10 Å². The van der Waals surface area contributed by atoms with Crippen LogP contribution in [0.3, 0.4) is 0 Å². The van der Waals surface area contributed by atoms with Gasteiger partial charge in [0.15, 0.2) is 0 Å². The number of hydrogen-bond donors (Lipinski definition) is 1. The van der Waals surface area contributed by atoms with Crippen LogP contribution in [0.5, 0.6) is 5.75 Å². The molecule has 4 nitrogen and oxygen atoms in total. The van der Waals surface area contributed by atoms with E-state index in [2.05, 4.69) is 29.4 Å². The zero-order valence-electron chi connectivity index (χ0n) is 17.5. The Hall–Kier alpha value is -2.86. The van der Waals surface area contributed by atoms with E-state index in [4.69, 9.17) is 16.3 Å². The summed E-state index contributed by atoms with van der Waals surface area (Å²) in [6, 6.07) is 21.6. The van der Waals surface area contributed by atoms with Crippen molar-refractivity contribution in [3.63, 3.8) is 0 Å². The quantitative estimate of drug-likeness (QED) is 0.357. The highest BCUT2D eigenvalue weighted by atomic mass is 35.5. The second-order valence-electron chi connectivity index (χ2n) is 7.65. The van der Waals surface area contributed by atoms with Gasteiger partial charge in [0, 0.05) is 4.88 Å². The number of aliphatic hydroxyl groups is 1. The Morgan fingerprint density at radius 1 is 1.03 bits per heavy atom. The molecule has 2 aromatic carbocycles. The number of nitrogens with zero attached hydrogens (tertiary/aromatic N) is 2. The van der Waals surface area contributed by atoms with Crippen molar-refractivity contribution in [1.29, 1.82) is 0 Å². The second-order valence-corrected chi connectivity index (χ2v) is 9.17. The normalized spacial score (nSPS) is 11.9. The number of benzene rings is 2. The topological polar surface area (TPSA) is 47.3 Å². The Morgan fingerprint density at radius 3 is 2.45 bits per heavy atom. The minimum Gasteiger partial charge on any atom is -0.497 e. The zero-order chi connectivity index (χ0) is 22.0. The molecule has 0 saturated heterocycles. The van der Waals surface area contributed by atoms with Crippen LogP contribution < -0.4 is 4.74 Å². The molecule has 2 aromatic heterocycles. The van der Waals surface area contributed by atoms with Crippen molar-refractivity contribution in [2.45, 2.75) is 19.4 Å². The maximum atomic E-state index is 10.5. The Labute approximate surface area is 191 Å². The number of thiophene rings is 1. The SMILES string of the molecule is COc1ccc(/C=C/c2ccc(-c3cc(C(C)(C)O)nn3-c3ccccc3Cl)s2)cc1. The molecule has 0 saturated carbocycles. The number of ether oxygens (including phenoxy) is 1. The minimum absolute atomic E-state index is 0.589. The van der Waals surface area contributed by atoms with Crippen molar-refractivity contribution >= 4 is 35.1 Å². The number of hydrogen-bond acceptors (Lipinski definition) is 4. The van der Waals surface area contributed by atoms with Crippen molar-refractivity contribution in [1.82, 2.24) is 9.78 Å². The van der Waals surface area contributed by atoms with Crippen LogP contribution in [0.25, 0.3) is 28.4 Å². The Bertz CT molecular complexity index is 1220. The third-order valence-electron chi connectivity index (χ3n) is 4.85. The summed E-state index contributed by atoms with van der Waals surface area (Å²) in [6.45, 7) is 3.46. The molecule has 0 bridgehead atoms. The van der Waals surface area contributed by atoms with Gasteiger partial charge in [-0.15, -0.1) is 11.3 Å². The first-order chi connectivity index (χ1) is 14.8. The molecule has 0 fully saturated rings. The average molecular weight is 451 g/mol. The monoisotopic (exact) mass is 450 g/mol. The molecule has 158 valence electrons. The van der Waals surface area contributed by atoms with Crippen LogP contribution in [0.2, 0.25) is 5.02 Å². The molecule has 4 rings (SSSR count). The van der Waals surface area contributed by atoms with E-state index in [1.165, 1.54) is 0 Å². The lowest BCUT2D eigenvalue weighted by atomic mass is 10.1. The van der Waals surface area contributed by atoms with E-state index in [1.54, 1.807) is 37.0 Å². The summed E-state index contributed by atoms with van der Waals surface area (Å²) in [5, 5.41) is 15.8. The Balaban J connectivity index is 1.69. The van der Waals surface area contributed by atoms with Crippen molar-refractivity contribution < 1.29 is 9.84 Å². The summed E-state index contributed by atoms with van der Waals surface area (Å²) in [6.07, 6.45) is 4.16. The zero-order valence-corrected chi connectivity index (χ0v) is 19.1. The summed E-state index contributed by atoms with van der Waals surface area (Å²) >= 11 is 8.10. The van der Waals surface area contributed by atoms with Crippen molar-refractivity contribution in [2.24, 2.45) is 0 Å². The van der Waals surface area contributed by atoms with Crippen LogP contribution in [-0.4, -0.2) is 22.0 Å². The van der Waals surface area contributed by atoms with E-state index in [0.717, 1.165) is 32.4 Å². The minimum atomic E-state index is -1.06. The Kier molecular flexibility index (Phi) is 6.01. The maximum absolute atomic E-state index is 10.5. The number of aromatic nitrogens is 2. The molecule has 0 aliphatic rings. The van der Waals surface area contributed by atoms with Crippen LogP contribution in [0.1, 0.15) is 30.0 Å². The number of halogens is 1. The van der Waals surface area contributed by atoms with Crippen LogP contribution in [0.15, 0.2) is 66.7 Å². The lowest BCUT2D eigenvalue weighted by molar-refractivity contribution is 0.0734. The number of para-hydroxylation sites is 1.